The molecular weight excluding hydrogens is 194 g/mol. The molecule has 0 fully saturated rings. The SMILES string of the molecule is CC(C)(C)C(C)(C)C(=O)OCCN=C=O. The van der Waals surface area contributed by atoms with Crippen LogP contribution in [0.4, 0.5) is 0 Å². The number of ether oxygens (including phenoxy) is 1. The van der Waals surface area contributed by atoms with Crippen molar-refractivity contribution in [2.24, 2.45) is 15.8 Å². The molecule has 86 valence electrons. The summed E-state index contributed by atoms with van der Waals surface area (Å²) >= 11 is 0. The first-order valence-corrected chi connectivity index (χ1v) is 4.94. The number of aliphatic imine (C=N–C) groups is 1. The number of hydrogen-bond donors (Lipinski definition) is 0. The molecule has 4 nitrogen and oxygen atoms in total. The van der Waals surface area contributed by atoms with E-state index in [2.05, 4.69) is 4.99 Å². The van der Waals surface area contributed by atoms with Crippen LogP contribution in [-0.2, 0) is 14.3 Å². The zero-order valence-corrected chi connectivity index (χ0v) is 10.1. The van der Waals surface area contributed by atoms with Crippen LogP contribution in [0.1, 0.15) is 34.6 Å². The van der Waals surface area contributed by atoms with Crippen molar-refractivity contribution < 1.29 is 14.3 Å². The fourth-order valence-electron chi connectivity index (χ4n) is 0.716. The lowest BCUT2D eigenvalue weighted by Gasteiger charge is -2.36. The topological polar surface area (TPSA) is 55.7 Å². The molecule has 4 heteroatoms. The first kappa shape index (κ1) is 13.8. The number of rotatable bonds is 4. The van der Waals surface area contributed by atoms with Crippen molar-refractivity contribution in [2.45, 2.75) is 34.6 Å². The largest absolute Gasteiger partial charge is 0.463 e. The molecule has 0 rings (SSSR count). The molecule has 0 N–H and O–H groups in total. The van der Waals surface area contributed by atoms with Crippen molar-refractivity contribution in [1.82, 2.24) is 0 Å². The fourth-order valence-corrected chi connectivity index (χ4v) is 0.716. The summed E-state index contributed by atoms with van der Waals surface area (Å²) in [4.78, 5) is 24.8. The van der Waals surface area contributed by atoms with Crippen LogP contribution in [0.2, 0.25) is 0 Å². The normalized spacial score (nSPS) is 11.8. The highest BCUT2D eigenvalue weighted by atomic mass is 16.5. The van der Waals surface area contributed by atoms with Crippen molar-refractivity contribution in [1.29, 1.82) is 0 Å². The Morgan fingerprint density at radius 3 is 2.20 bits per heavy atom. The molecule has 0 spiro atoms. The van der Waals surface area contributed by atoms with Gasteiger partial charge in [0.05, 0.1) is 12.0 Å². The highest BCUT2D eigenvalue weighted by Crippen LogP contribution is 2.38. The maximum absolute atomic E-state index is 11.7. The van der Waals surface area contributed by atoms with Gasteiger partial charge in [-0.1, -0.05) is 20.8 Å². The molecule has 0 aromatic rings. The Labute approximate surface area is 90.7 Å². The average molecular weight is 213 g/mol. The van der Waals surface area contributed by atoms with E-state index in [4.69, 9.17) is 4.74 Å². The average Bonchev–Trinajstić information content (AvgIpc) is 2.10. The Hall–Kier alpha value is -1.15. The smallest absolute Gasteiger partial charge is 0.312 e. The highest BCUT2D eigenvalue weighted by Gasteiger charge is 2.40. The molecule has 0 aliphatic carbocycles. The Morgan fingerprint density at radius 2 is 1.80 bits per heavy atom. The van der Waals surface area contributed by atoms with E-state index in [0.29, 0.717) is 0 Å². The molecule has 0 aliphatic rings. The van der Waals surface area contributed by atoms with Crippen LogP contribution in [0.25, 0.3) is 0 Å². The molecule has 0 radical (unpaired) electrons. The molecule has 0 aromatic heterocycles. The minimum Gasteiger partial charge on any atom is -0.463 e. The van der Waals surface area contributed by atoms with Crippen molar-refractivity contribution in [3.05, 3.63) is 0 Å². The zero-order valence-electron chi connectivity index (χ0n) is 10.1. The lowest BCUT2D eigenvalue weighted by molar-refractivity contribution is -0.159. The number of carbonyl (C=O) groups is 1. The number of esters is 1. The number of nitrogens with zero attached hydrogens (tertiary/aromatic N) is 1. The summed E-state index contributed by atoms with van der Waals surface area (Å²) in [6, 6.07) is 0. The predicted molar refractivity (Wildman–Crippen MR) is 57.2 cm³/mol. The van der Waals surface area contributed by atoms with E-state index in [1.807, 2.05) is 34.6 Å². The molecule has 0 unspecified atom stereocenters. The third-order valence-electron chi connectivity index (χ3n) is 2.89. The molecule has 0 bridgehead atoms. The zero-order chi connectivity index (χ0) is 12.1. The molecule has 0 atom stereocenters. The molecule has 0 amide bonds. The lowest BCUT2D eigenvalue weighted by atomic mass is 9.69. The van der Waals surface area contributed by atoms with Gasteiger partial charge in [0.15, 0.2) is 0 Å². The van der Waals surface area contributed by atoms with Crippen molar-refractivity contribution in [2.75, 3.05) is 13.2 Å². The molecular formula is C11H19NO3. The summed E-state index contributed by atoms with van der Waals surface area (Å²) in [6.45, 7) is 9.95. The minimum absolute atomic E-state index is 0.133. The highest BCUT2D eigenvalue weighted by molar-refractivity contribution is 5.76. The van der Waals surface area contributed by atoms with Gasteiger partial charge in [-0.25, -0.2) is 9.79 Å². The number of isocyanates is 1. The maximum Gasteiger partial charge on any atom is 0.312 e. The summed E-state index contributed by atoms with van der Waals surface area (Å²) < 4.78 is 5.02. The Balaban J connectivity index is 4.27. The fraction of sp³-hybridized carbons (Fsp3) is 0.818. The van der Waals surface area contributed by atoms with E-state index < -0.39 is 5.41 Å². The molecule has 0 aliphatic heterocycles. The van der Waals surface area contributed by atoms with E-state index in [1.165, 1.54) is 6.08 Å². The van der Waals surface area contributed by atoms with Crippen molar-refractivity contribution in [3.8, 4) is 0 Å². The van der Waals surface area contributed by atoms with Crippen LogP contribution in [0, 0.1) is 10.8 Å². The van der Waals surface area contributed by atoms with Crippen LogP contribution in [0.15, 0.2) is 4.99 Å². The standard InChI is InChI=1S/C11H19NO3/c1-10(2,3)11(4,5)9(14)15-7-6-12-8-13/h6-7H2,1-5H3. The third kappa shape index (κ3) is 3.84. The molecule has 0 aromatic carbocycles. The Morgan fingerprint density at radius 1 is 1.27 bits per heavy atom. The minimum atomic E-state index is -0.558. The van der Waals surface area contributed by atoms with E-state index in [0.717, 1.165) is 0 Å². The molecule has 0 heterocycles. The van der Waals surface area contributed by atoms with Crippen LogP contribution >= 0.6 is 0 Å². The maximum atomic E-state index is 11.7. The van der Waals surface area contributed by atoms with E-state index in [-0.39, 0.29) is 24.5 Å². The van der Waals surface area contributed by atoms with Gasteiger partial charge in [0.1, 0.15) is 6.61 Å². The van der Waals surface area contributed by atoms with E-state index in [1.54, 1.807) is 0 Å². The van der Waals surface area contributed by atoms with Crippen LogP contribution in [0.3, 0.4) is 0 Å². The van der Waals surface area contributed by atoms with E-state index in [9.17, 15) is 9.59 Å². The summed E-state index contributed by atoms with van der Waals surface area (Å²) in [6.07, 6.45) is 1.39. The van der Waals surface area contributed by atoms with Crippen LogP contribution < -0.4 is 0 Å². The first-order chi connectivity index (χ1) is 6.73. The second-order valence-corrected chi connectivity index (χ2v) is 4.98. The Kier molecular flexibility index (Phi) is 4.69. The van der Waals surface area contributed by atoms with Gasteiger partial charge >= 0.3 is 5.97 Å². The summed E-state index contributed by atoms with van der Waals surface area (Å²) in [5, 5.41) is 0. The second-order valence-electron chi connectivity index (χ2n) is 4.98. The summed E-state index contributed by atoms with van der Waals surface area (Å²) in [5.74, 6) is -0.268. The van der Waals surface area contributed by atoms with Gasteiger partial charge in [0.25, 0.3) is 0 Å². The van der Waals surface area contributed by atoms with Gasteiger partial charge in [0, 0.05) is 0 Å². The van der Waals surface area contributed by atoms with Gasteiger partial charge in [-0.2, -0.15) is 0 Å². The predicted octanol–water partition coefficient (Wildman–Crippen LogP) is 1.94. The quantitative estimate of drug-likeness (QED) is 0.310. The number of hydrogen-bond acceptors (Lipinski definition) is 4. The van der Waals surface area contributed by atoms with Gasteiger partial charge in [-0.15, -0.1) is 0 Å². The molecule has 0 saturated carbocycles. The van der Waals surface area contributed by atoms with Crippen LogP contribution in [-0.4, -0.2) is 25.2 Å². The number of carbonyl (C=O) groups excluding carboxylic acids is 2. The third-order valence-corrected chi connectivity index (χ3v) is 2.89. The van der Waals surface area contributed by atoms with Gasteiger partial charge in [-0.05, 0) is 19.3 Å². The van der Waals surface area contributed by atoms with Crippen molar-refractivity contribution >= 4 is 12.0 Å². The summed E-state index contributed by atoms with van der Waals surface area (Å²) in [5.41, 5.74) is -0.726. The summed E-state index contributed by atoms with van der Waals surface area (Å²) in [7, 11) is 0. The molecule has 0 saturated heterocycles. The van der Waals surface area contributed by atoms with Crippen molar-refractivity contribution in [3.63, 3.8) is 0 Å². The molecule has 15 heavy (non-hydrogen) atoms. The lowest BCUT2D eigenvalue weighted by Crippen LogP contribution is -2.39. The first-order valence-electron chi connectivity index (χ1n) is 4.94. The van der Waals surface area contributed by atoms with Gasteiger partial charge in [-0.3, -0.25) is 4.79 Å². The van der Waals surface area contributed by atoms with Gasteiger partial charge < -0.3 is 4.74 Å². The van der Waals surface area contributed by atoms with Crippen LogP contribution in [0.5, 0.6) is 0 Å². The monoisotopic (exact) mass is 213 g/mol. The van der Waals surface area contributed by atoms with Gasteiger partial charge in [0.2, 0.25) is 6.08 Å². The Bertz CT molecular complexity index is 270. The van der Waals surface area contributed by atoms with E-state index >= 15 is 0 Å². The second kappa shape index (κ2) is 5.08.